The number of nitrogens with one attached hydrogen (secondary N) is 3. The Bertz CT molecular complexity index is 649. The molecule has 0 spiro atoms. The average Bonchev–Trinajstić information content (AvgIpc) is 2.86. The fourth-order valence-corrected chi connectivity index (χ4v) is 4.08. The third kappa shape index (κ3) is 18.1. The number of carbonyl (C=O) groups excluding carboxylic acids is 2. The Hall–Kier alpha value is -1.92. The Morgan fingerprint density at radius 3 is 1.80 bits per heavy atom. The number of anilines is 1. The molecule has 35 heavy (non-hydrogen) atoms. The van der Waals surface area contributed by atoms with E-state index in [4.69, 9.17) is 4.74 Å². The predicted octanol–water partition coefficient (Wildman–Crippen LogP) is 6.46. The van der Waals surface area contributed by atoms with Gasteiger partial charge in [0.15, 0.2) is 0 Å². The zero-order valence-electron chi connectivity index (χ0n) is 22.5. The maximum atomic E-state index is 12.1. The van der Waals surface area contributed by atoms with Crippen molar-refractivity contribution in [2.45, 2.75) is 103 Å². The van der Waals surface area contributed by atoms with Crippen LogP contribution in [0.5, 0.6) is 0 Å². The summed E-state index contributed by atoms with van der Waals surface area (Å²) in [4.78, 5) is 24.2. The predicted molar refractivity (Wildman–Crippen MR) is 147 cm³/mol. The molecule has 0 atom stereocenters. The Labute approximate surface area is 214 Å². The summed E-state index contributed by atoms with van der Waals surface area (Å²) in [5, 5.41) is 8.95. The third-order valence-corrected chi connectivity index (χ3v) is 6.23. The first-order chi connectivity index (χ1) is 17.2. The summed E-state index contributed by atoms with van der Waals surface area (Å²) in [5.41, 5.74) is 1.28. The molecule has 0 aliphatic rings. The van der Waals surface area contributed by atoms with Crippen LogP contribution in [0.25, 0.3) is 0 Å². The summed E-state index contributed by atoms with van der Waals surface area (Å²) >= 11 is 0. The van der Waals surface area contributed by atoms with E-state index < -0.39 is 0 Å². The van der Waals surface area contributed by atoms with E-state index in [9.17, 15) is 9.59 Å². The highest BCUT2D eigenvalue weighted by molar-refractivity contribution is 5.96. The molecule has 200 valence electrons. The molecule has 0 saturated heterocycles. The molecule has 0 bridgehead atoms. The Kier molecular flexibility index (Phi) is 20.0. The second-order valence-electron chi connectivity index (χ2n) is 9.50. The van der Waals surface area contributed by atoms with Crippen molar-refractivity contribution in [1.29, 1.82) is 0 Å². The van der Waals surface area contributed by atoms with Crippen molar-refractivity contribution in [3.63, 3.8) is 0 Å². The molecule has 0 aromatic heterocycles. The molecular weight excluding hydrogens is 438 g/mol. The van der Waals surface area contributed by atoms with Crippen LogP contribution < -0.4 is 16.0 Å². The molecular formula is C29H51N3O3. The number of amides is 2. The highest BCUT2D eigenvalue weighted by atomic mass is 16.5. The lowest BCUT2D eigenvalue weighted by atomic mass is 10.0. The Balaban J connectivity index is 1.95. The van der Waals surface area contributed by atoms with Gasteiger partial charge < -0.3 is 20.7 Å². The van der Waals surface area contributed by atoms with E-state index >= 15 is 0 Å². The molecule has 1 aromatic carbocycles. The van der Waals surface area contributed by atoms with Crippen LogP contribution in [-0.2, 0) is 9.53 Å². The minimum absolute atomic E-state index is 0.0628. The second kappa shape index (κ2) is 22.5. The van der Waals surface area contributed by atoms with Crippen LogP contribution >= 0.6 is 0 Å². The van der Waals surface area contributed by atoms with Gasteiger partial charge in [0.2, 0.25) is 5.91 Å². The molecule has 0 aliphatic heterocycles. The van der Waals surface area contributed by atoms with Gasteiger partial charge >= 0.3 is 0 Å². The molecule has 0 heterocycles. The molecule has 1 rings (SSSR count). The zero-order chi connectivity index (χ0) is 25.4. The van der Waals surface area contributed by atoms with Gasteiger partial charge in [0.25, 0.3) is 5.91 Å². The van der Waals surface area contributed by atoms with E-state index in [0.717, 1.165) is 19.4 Å². The summed E-state index contributed by atoms with van der Waals surface area (Å²) in [5.74, 6) is -0.180. The van der Waals surface area contributed by atoms with E-state index in [1.165, 1.54) is 83.5 Å². The Morgan fingerprint density at radius 1 is 0.714 bits per heavy atom. The normalized spacial score (nSPS) is 10.9. The molecule has 0 fully saturated rings. The van der Waals surface area contributed by atoms with Gasteiger partial charge in [-0.15, -0.1) is 0 Å². The third-order valence-electron chi connectivity index (χ3n) is 6.23. The van der Waals surface area contributed by atoms with Gasteiger partial charge in [0.05, 0.1) is 6.54 Å². The highest BCUT2D eigenvalue weighted by Crippen LogP contribution is 2.13. The monoisotopic (exact) mass is 489 g/mol. The number of ether oxygens (including phenoxy) is 1. The number of methoxy groups -OCH3 is 1. The van der Waals surface area contributed by atoms with Crippen LogP contribution in [0.3, 0.4) is 0 Å². The van der Waals surface area contributed by atoms with Crippen molar-refractivity contribution in [2.75, 3.05) is 38.7 Å². The molecule has 3 N–H and O–H groups in total. The lowest BCUT2D eigenvalue weighted by Crippen LogP contribution is -2.28. The number of rotatable bonds is 23. The van der Waals surface area contributed by atoms with Crippen LogP contribution in [-0.4, -0.2) is 45.2 Å². The largest absolute Gasteiger partial charge is 0.385 e. The van der Waals surface area contributed by atoms with Gasteiger partial charge in [0, 0.05) is 31.5 Å². The van der Waals surface area contributed by atoms with Gasteiger partial charge in [-0.05, 0) is 43.7 Å². The molecule has 1 aromatic rings. The molecule has 0 aliphatic carbocycles. The topological polar surface area (TPSA) is 79.5 Å². The van der Waals surface area contributed by atoms with Crippen LogP contribution in [0.2, 0.25) is 0 Å². The van der Waals surface area contributed by atoms with E-state index in [-0.39, 0.29) is 11.8 Å². The van der Waals surface area contributed by atoms with E-state index in [1.54, 1.807) is 31.4 Å². The minimum atomic E-state index is -0.117. The number of hydrogen-bond donors (Lipinski definition) is 3. The number of carbonyl (C=O) groups is 2. The maximum Gasteiger partial charge on any atom is 0.251 e. The van der Waals surface area contributed by atoms with E-state index in [1.807, 2.05) is 0 Å². The average molecular weight is 490 g/mol. The molecule has 6 heteroatoms. The molecule has 0 saturated carbocycles. The van der Waals surface area contributed by atoms with Gasteiger partial charge in [0.1, 0.15) is 0 Å². The second-order valence-corrected chi connectivity index (χ2v) is 9.50. The molecule has 0 radical (unpaired) electrons. The summed E-state index contributed by atoms with van der Waals surface area (Å²) in [6, 6.07) is 6.97. The van der Waals surface area contributed by atoms with Crippen molar-refractivity contribution < 1.29 is 14.3 Å². The fraction of sp³-hybridized carbons (Fsp3) is 0.724. The first-order valence-electron chi connectivity index (χ1n) is 14.0. The Morgan fingerprint density at radius 2 is 1.26 bits per heavy atom. The zero-order valence-corrected chi connectivity index (χ0v) is 22.5. The van der Waals surface area contributed by atoms with Crippen LogP contribution in [0.15, 0.2) is 24.3 Å². The maximum absolute atomic E-state index is 12.1. The number of hydrogen-bond acceptors (Lipinski definition) is 4. The summed E-state index contributed by atoms with van der Waals surface area (Å²) in [7, 11) is 1.64. The van der Waals surface area contributed by atoms with Crippen LogP contribution in [0, 0.1) is 0 Å². The SMILES string of the molecule is CCCCCCCCCCCCCCCCNCC(=O)Nc1ccc(C(=O)NCCCOC)cc1. The van der Waals surface area contributed by atoms with Gasteiger partial charge in [-0.25, -0.2) is 0 Å². The first-order valence-corrected chi connectivity index (χ1v) is 14.0. The van der Waals surface area contributed by atoms with E-state index in [2.05, 4.69) is 22.9 Å². The number of benzene rings is 1. The summed E-state index contributed by atoms with van der Waals surface area (Å²) < 4.78 is 4.97. The van der Waals surface area contributed by atoms with Crippen molar-refractivity contribution in [1.82, 2.24) is 10.6 Å². The fourth-order valence-electron chi connectivity index (χ4n) is 4.08. The summed E-state index contributed by atoms with van der Waals surface area (Å²) in [6.07, 6.45) is 19.7. The number of unbranched alkanes of at least 4 members (excludes halogenated alkanes) is 13. The van der Waals surface area contributed by atoms with E-state index in [0.29, 0.717) is 30.9 Å². The molecule has 0 unspecified atom stereocenters. The van der Waals surface area contributed by atoms with Crippen LogP contribution in [0.1, 0.15) is 114 Å². The van der Waals surface area contributed by atoms with Crippen LogP contribution in [0.4, 0.5) is 5.69 Å². The molecule has 2 amide bonds. The van der Waals surface area contributed by atoms with Crippen molar-refractivity contribution in [3.8, 4) is 0 Å². The molecule has 6 nitrogen and oxygen atoms in total. The highest BCUT2D eigenvalue weighted by Gasteiger charge is 2.06. The lowest BCUT2D eigenvalue weighted by Gasteiger charge is -2.08. The lowest BCUT2D eigenvalue weighted by molar-refractivity contribution is -0.115. The smallest absolute Gasteiger partial charge is 0.251 e. The first kappa shape index (κ1) is 31.1. The van der Waals surface area contributed by atoms with Crippen molar-refractivity contribution in [2.24, 2.45) is 0 Å². The minimum Gasteiger partial charge on any atom is -0.385 e. The van der Waals surface area contributed by atoms with Gasteiger partial charge in [-0.1, -0.05) is 90.4 Å². The standard InChI is InChI=1S/C29H51N3O3/c1-3-4-5-6-7-8-9-10-11-12-13-14-15-16-22-30-25-28(33)32-27-20-18-26(19-21-27)29(34)31-23-17-24-35-2/h18-21,30H,3-17,22-25H2,1-2H3,(H,31,34)(H,32,33). The quantitative estimate of drug-likeness (QED) is 0.154. The van der Waals surface area contributed by atoms with Crippen molar-refractivity contribution in [3.05, 3.63) is 29.8 Å². The van der Waals surface area contributed by atoms with Gasteiger partial charge in [-0.3, -0.25) is 9.59 Å². The summed E-state index contributed by atoms with van der Waals surface area (Å²) in [6.45, 7) is 4.65. The van der Waals surface area contributed by atoms with Crippen molar-refractivity contribution >= 4 is 17.5 Å². The van der Waals surface area contributed by atoms with Gasteiger partial charge in [-0.2, -0.15) is 0 Å².